The van der Waals surface area contributed by atoms with Crippen molar-refractivity contribution < 1.29 is 0 Å². The second-order valence-corrected chi connectivity index (χ2v) is 16.8. The summed E-state index contributed by atoms with van der Waals surface area (Å²) in [5, 5.41) is 0. The topological polar surface area (TPSA) is 38.7 Å². The Balaban J connectivity index is 1.24. The number of aromatic nitrogens is 3. The third kappa shape index (κ3) is 10.2. The molecule has 0 N–H and O–H groups in total. The van der Waals surface area contributed by atoms with Gasteiger partial charge in [0.05, 0.1) is 0 Å². The fourth-order valence-electron chi connectivity index (χ4n) is 7.70. The molecule has 6 aromatic rings. The van der Waals surface area contributed by atoms with Crippen LogP contribution in [0, 0.1) is 27.7 Å². The van der Waals surface area contributed by atoms with Gasteiger partial charge in [-0.15, -0.1) is 0 Å². The second-order valence-electron chi connectivity index (χ2n) is 14.9. The van der Waals surface area contributed by atoms with Gasteiger partial charge in [0.1, 0.15) is 0 Å². The summed E-state index contributed by atoms with van der Waals surface area (Å²) in [6, 6.07) is 34.8. The van der Waals surface area contributed by atoms with Crippen LogP contribution in [0.3, 0.4) is 0 Å². The molecule has 0 saturated heterocycles. The van der Waals surface area contributed by atoms with Gasteiger partial charge in [-0.3, -0.25) is 0 Å². The van der Waals surface area contributed by atoms with Crippen LogP contribution < -0.4 is 0 Å². The minimum atomic E-state index is 0.670. The van der Waals surface area contributed by atoms with E-state index < -0.39 is 0 Å². The molecule has 278 valence electrons. The number of halogens is 2. The standard InChI is InChI=1S/C49H53Br2N3/c1-6-7-8-9-10-11-12-13-14-15-16-37-17-19-40(20-18-37)47-52-48(41-25-21-38(22-26-41)45-33(2)29-43(50)30-34(45)3)54-49(53-47)42-27-23-39(24-28-42)46-35(4)31-44(51)32-36(46)5/h17-32H,6-16H2,1-5H3. The van der Waals surface area contributed by atoms with Crippen molar-refractivity contribution in [1.82, 2.24) is 15.0 Å². The molecule has 0 saturated carbocycles. The quantitative estimate of drug-likeness (QED) is 0.0911. The average Bonchev–Trinajstić information content (AvgIpc) is 3.15. The zero-order chi connectivity index (χ0) is 38.0. The number of aryl methyl sites for hydroxylation is 5. The number of hydrogen-bond acceptors (Lipinski definition) is 3. The SMILES string of the molecule is CCCCCCCCCCCCc1ccc(-c2nc(-c3ccc(-c4c(C)cc(Br)cc4C)cc3)nc(-c3ccc(-c4c(C)cc(Br)cc4C)cc3)n2)cc1. The lowest BCUT2D eigenvalue weighted by Gasteiger charge is -2.13. The number of unbranched alkanes of at least 4 members (excludes halogenated alkanes) is 9. The molecule has 6 rings (SSSR count). The normalized spacial score (nSPS) is 11.3. The van der Waals surface area contributed by atoms with Gasteiger partial charge in [0.25, 0.3) is 0 Å². The van der Waals surface area contributed by atoms with Crippen molar-refractivity contribution in [2.24, 2.45) is 0 Å². The van der Waals surface area contributed by atoms with Gasteiger partial charge in [0.15, 0.2) is 17.5 Å². The maximum atomic E-state index is 5.07. The molecule has 0 atom stereocenters. The predicted molar refractivity (Wildman–Crippen MR) is 237 cm³/mol. The van der Waals surface area contributed by atoms with Crippen LogP contribution in [0.2, 0.25) is 0 Å². The van der Waals surface area contributed by atoms with Gasteiger partial charge in [-0.2, -0.15) is 0 Å². The maximum Gasteiger partial charge on any atom is 0.164 e. The number of rotatable bonds is 16. The van der Waals surface area contributed by atoms with Crippen LogP contribution in [0.15, 0.2) is 106 Å². The van der Waals surface area contributed by atoms with Crippen LogP contribution in [-0.2, 0) is 6.42 Å². The molecule has 0 spiro atoms. The Hall–Kier alpha value is -3.93. The summed E-state index contributed by atoms with van der Waals surface area (Å²) in [7, 11) is 0. The van der Waals surface area contributed by atoms with E-state index in [1.165, 1.54) is 114 Å². The van der Waals surface area contributed by atoms with E-state index in [1.54, 1.807) is 0 Å². The van der Waals surface area contributed by atoms with Crippen molar-refractivity contribution in [3.8, 4) is 56.4 Å². The third-order valence-electron chi connectivity index (χ3n) is 10.5. The molecular formula is C49H53Br2N3. The molecule has 0 bridgehead atoms. The van der Waals surface area contributed by atoms with E-state index in [-0.39, 0.29) is 0 Å². The van der Waals surface area contributed by atoms with Gasteiger partial charge in [0, 0.05) is 25.6 Å². The first-order valence-electron chi connectivity index (χ1n) is 19.8. The minimum Gasteiger partial charge on any atom is -0.208 e. The van der Waals surface area contributed by atoms with Gasteiger partial charge in [0.2, 0.25) is 0 Å². The van der Waals surface area contributed by atoms with Crippen molar-refractivity contribution in [2.75, 3.05) is 0 Å². The first-order chi connectivity index (χ1) is 26.2. The summed E-state index contributed by atoms with van der Waals surface area (Å²) in [6.45, 7) is 10.9. The highest BCUT2D eigenvalue weighted by molar-refractivity contribution is 9.10. The molecule has 5 heteroatoms. The van der Waals surface area contributed by atoms with Gasteiger partial charge in [-0.05, 0) is 115 Å². The monoisotopic (exact) mass is 841 g/mol. The number of nitrogens with zero attached hydrogens (tertiary/aromatic N) is 3. The summed E-state index contributed by atoms with van der Waals surface area (Å²) < 4.78 is 2.20. The minimum absolute atomic E-state index is 0.670. The smallest absolute Gasteiger partial charge is 0.164 e. The summed E-state index contributed by atoms with van der Waals surface area (Å²) >= 11 is 7.29. The Morgan fingerprint density at radius 1 is 0.389 bits per heavy atom. The summed E-state index contributed by atoms with van der Waals surface area (Å²) in [5.74, 6) is 2.03. The Morgan fingerprint density at radius 3 is 1.04 bits per heavy atom. The average molecular weight is 844 g/mol. The molecular weight excluding hydrogens is 790 g/mol. The van der Waals surface area contributed by atoms with Gasteiger partial charge in [-0.25, -0.2) is 15.0 Å². The summed E-state index contributed by atoms with van der Waals surface area (Å²) in [5.41, 5.74) is 14.2. The van der Waals surface area contributed by atoms with Crippen LogP contribution in [-0.4, -0.2) is 15.0 Å². The van der Waals surface area contributed by atoms with Gasteiger partial charge in [-0.1, -0.05) is 169 Å². The summed E-state index contributed by atoms with van der Waals surface area (Å²) in [6.07, 6.45) is 14.7. The van der Waals surface area contributed by atoms with E-state index in [4.69, 9.17) is 15.0 Å². The van der Waals surface area contributed by atoms with E-state index in [0.717, 1.165) is 32.1 Å². The molecule has 0 fully saturated rings. The van der Waals surface area contributed by atoms with Crippen LogP contribution in [0.1, 0.15) is 98.9 Å². The Kier molecular flexibility index (Phi) is 14.1. The van der Waals surface area contributed by atoms with Crippen LogP contribution >= 0.6 is 31.9 Å². The van der Waals surface area contributed by atoms with E-state index >= 15 is 0 Å². The molecule has 5 aromatic carbocycles. The molecule has 1 aromatic heterocycles. The number of hydrogen-bond donors (Lipinski definition) is 0. The second kappa shape index (κ2) is 19.1. The molecule has 0 aliphatic heterocycles. The van der Waals surface area contributed by atoms with Crippen LogP contribution in [0.4, 0.5) is 0 Å². The van der Waals surface area contributed by atoms with E-state index in [0.29, 0.717) is 17.5 Å². The largest absolute Gasteiger partial charge is 0.208 e. The van der Waals surface area contributed by atoms with E-state index in [9.17, 15) is 0 Å². The molecule has 0 aliphatic carbocycles. The van der Waals surface area contributed by atoms with Gasteiger partial charge >= 0.3 is 0 Å². The Morgan fingerprint density at radius 2 is 0.685 bits per heavy atom. The molecule has 0 radical (unpaired) electrons. The van der Waals surface area contributed by atoms with E-state index in [2.05, 4.69) is 164 Å². The lowest BCUT2D eigenvalue weighted by Crippen LogP contribution is -2.00. The molecule has 0 amide bonds. The Labute approximate surface area is 340 Å². The summed E-state index contributed by atoms with van der Waals surface area (Å²) in [4.78, 5) is 15.2. The first-order valence-corrected chi connectivity index (χ1v) is 21.4. The third-order valence-corrected chi connectivity index (χ3v) is 11.4. The van der Waals surface area contributed by atoms with Gasteiger partial charge < -0.3 is 0 Å². The van der Waals surface area contributed by atoms with E-state index in [1.807, 2.05) is 0 Å². The van der Waals surface area contributed by atoms with Crippen molar-refractivity contribution in [2.45, 2.75) is 105 Å². The molecule has 0 aliphatic rings. The molecule has 0 unspecified atom stereocenters. The maximum absolute atomic E-state index is 5.07. The first kappa shape index (κ1) is 39.8. The predicted octanol–water partition coefficient (Wildman–Crippen LogP) is 15.4. The fraction of sp³-hybridized carbons (Fsp3) is 0.327. The molecule has 1 heterocycles. The zero-order valence-corrected chi connectivity index (χ0v) is 35.8. The van der Waals surface area contributed by atoms with Crippen LogP contribution in [0.25, 0.3) is 56.4 Å². The highest BCUT2D eigenvalue weighted by Crippen LogP contribution is 2.34. The highest BCUT2D eigenvalue weighted by Gasteiger charge is 2.15. The highest BCUT2D eigenvalue weighted by atomic mass is 79.9. The van der Waals surface area contributed by atoms with Crippen molar-refractivity contribution in [3.63, 3.8) is 0 Å². The Bertz CT molecular complexity index is 1990. The fourth-order valence-corrected chi connectivity index (χ4v) is 9.08. The lowest BCUT2D eigenvalue weighted by molar-refractivity contribution is 0.556. The lowest BCUT2D eigenvalue weighted by atomic mass is 9.95. The van der Waals surface area contributed by atoms with Crippen molar-refractivity contribution in [3.05, 3.63) is 134 Å². The van der Waals surface area contributed by atoms with Crippen LogP contribution in [0.5, 0.6) is 0 Å². The molecule has 3 nitrogen and oxygen atoms in total. The molecule has 54 heavy (non-hydrogen) atoms. The van der Waals surface area contributed by atoms with Crippen molar-refractivity contribution in [1.29, 1.82) is 0 Å². The number of benzene rings is 5. The zero-order valence-electron chi connectivity index (χ0n) is 32.6. The van der Waals surface area contributed by atoms with Crippen molar-refractivity contribution >= 4 is 31.9 Å².